The van der Waals surface area contributed by atoms with E-state index >= 15 is 0 Å². The number of para-hydroxylation sites is 2. The minimum atomic E-state index is -0.0122. The Morgan fingerprint density at radius 2 is 1.66 bits per heavy atom. The van der Waals surface area contributed by atoms with Gasteiger partial charge in [0.05, 0.1) is 24.1 Å². The number of ether oxygens (including phenoxy) is 1. The zero-order valence-corrected chi connectivity index (χ0v) is 16.7. The van der Waals surface area contributed by atoms with Gasteiger partial charge in [-0.1, -0.05) is 42.5 Å². The van der Waals surface area contributed by atoms with Crippen LogP contribution in [0.25, 0.3) is 11.4 Å². The van der Waals surface area contributed by atoms with E-state index in [0.717, 1.165) is 30.1 Å². The van der Waals surface area contributed by atoms with Gasteiger partial charge in [-0.15, -0.1) is 0 Å². The van der Waals surface area contributed by atoms with E-state index in [2.05, 4.69) is 20.9 Å². The van der Waals surface area contributed by atoms with E-state index in [1.54, 1.807) is 13.3 Å². The van der Waals surface area contributed by atoms with Crippen LogP contribution in [0.5, 0.6) is 5.75 Å². The Hall–Kier alpha value is -3.41. The summed E-state index contributed by atoms with van der Waals surface area (Å²) in [7, 11) is 1.68. The van der Waals surface area contributed by atoms with Gasteiger partial charge in [-0.25, -0.2) is 9.97 Å². The Labute approximate surface area is 170 Å². The lowest BCUT2D eigenvalue weighted by Crippen LogP contribution is -2.49. The van der Waals surface area contributed by atoms with Crippen molar-refractivity contribution in [2.75, 3.05) is 38.2 Å². The topological polar surface area (TPSA) is 58.6 Å². The first kappa shape index (κ1) is 18.9. The summed E-state index contributed by atoms with van der Waals surface area (Å²) in [6.45, 7) is 4.68. The number of nitrogens with zero attached hydrogens (tertiary/aromatic N) is 4. The third-order valence-electron chi connectivity index (χ3n) is 5.23. The van der Waals surface area contributed by atoms with E-state index in [1.807, 2.05) is 60.4 Å². The molecule has 0 N–H and O–H groups in total. The molecule has 6 nitrogen and oxygen atoms in total. The van der Waals surface area contributed by atoms with Gasteiger partial charge in [0.1, 0.15) is 5.75 Å². The smallest absolute Gasteiger partial charge is 0.257 e. The largest absolute Gasteiger partial charge is 0.495 e. The normalized spacial score (nSPS) is 14.0. The van der Waals surface area contributed by atoms with E-state index in [4.69, 9.17) is 4.74 Å². The first-order valence-corrected chi connectivity index (χ1v) is 9.73. The SMILES string of the molecule is COc1ccccc1N1CCN(C(=O)c2cnc(-c3ccccc3)nc2C)CC1. The zero-order chi connectivity index (χ0) is 20.2. The summed E-state index contributed by atoms with van der Waals surface area (Å²) in [6, 6.07) is 17.8. The fraction of sp³-hybridized carbons (Fsp3) is 0.261. The number of carbonyl (C=O) groups excluding carboxylic acids is 1. The number of hydrogen-bond acceptors (Lipinski definition) is 5. The average molecular weight is 388 g/mol. The van der Waals surface area contributed by atoms with E-state index < -0.39 is 0 Å². The van der Waals surface area contributed by atoms with Crippen LogP contribution in [-0.4, -0.2) is 54.1 Å². The molecule has 0 atom stereocenters. The van der Waals surface area contributed by atoms with Crippen LogP contribution in [0.1, 0.15) is 16.1 Å². The van der Waals surface area contributed by atoms with E-state index in [9.17, 15) is 4.79 Å². The fourth-order valence-corrected chi connectivity index (χ4v) is 3.62. The molecule has 2 aromatic carbocycles. The summed E-state index contributed by atoms with van der Waals surface area (Å²) in [5, 5.41) is 0. The van der Waals surface area contributed by atoms with Crippen molar-refractivity contribution >= 4 is 11.6 Å². The number of piperazine rings is 1. The molecule has 1 aromatic heterocycles. The maximum Gasteiger partial charge on any atom is 0.257 e. The van der Waals surface area contributed by atoms with Crippen molar-refractivity contribution in [3.8, 4) is 17.1 Å². The highest BCUT2D eigenvalue weighted by Crippen LogP contribution is 2.28. The molecule has 1 amide bonds. The number of anilines is 1. The number of aromatic nitrogens is 2. The second-order valence-corrected chi connectivity index (χ2v) is 7.01. The van der Waals surface area contributed by atoms with Gasteiger partial charge in [-0.2, -0.15) is 0 Å². The van der Waals surface area contributed by atoms with Crippen LogP contribution in [0.15, 0.2) is 60.8 Å². The minimum absolute atomic E-state index is 0.0122. The first-order valence-electron chi connectivity index (χ1n) is 9.73. The molecule has 0 saturated carbocycles. The standard InChI is InChI=1S/C23H24N4O2/c1-17-19(16-24-22(25-17)18-8-4-3-5-9-18)23(28)27-14-12-26(13-15-27)20-10-6-7-11-21(20)29-2/h3-11,16H,12-15H2,1-2H3. The minimum Gasteiger partial charge on any atom is -0.495 e. The molecule has 6 heteroatoms. The van der Waals surface area contributed by atoms with Crippen molar-refractivity contribution in [1.29, 1.82) is 0 Å². The predicted molar refractivity (Wildman–Crippen MR) is 113 cm³/mol. The highest BCUT2D eigenvalue weighted by molar-refractivity contribution is 5.95. The lowest BCUT2D eigenvalue weighted by atomic mass is 10.1. The lowest BCUT2D eigenvalue weighted by Gasteiger charge is -2.36. The maximum atomic E-state index is 13.0. The third kappa shape index (κ3) is 3.92. The van der Waals surface area contributed by atoms with E-state index in [-0.39, 0.29) is 5.91 Å². The molecule has 1 aliphatic heterocycles. The summed E-state index contributed by atoms with van der Waals surface area (Å²) in [6.07, 6.45) is 1.65. The van der Waals surface area contributed by atoms with Crippen molar-refractivity contribution in [2.24, 2.45) is 0 Å². The Morgan fingerprint density at radius 3 is 2.34 bits per heavy atom. The quantitative estimate of drug-likeness (QED) is 0.685. The van der Waals surface area contributed by atoms with Crippen molar-refractivity contribution in [3.63, 3.8) is 0 Å². The predicted octanol–water partition coefficient (Wildman–Crippen LogP) is 3.42. The van der Waals surface area contributed by atoms with Crippen molar-refractivity contribution in [3.05, 3.63) is 72.1 Å². The van der Waals surface area contributed by atoms with Crippen molar-refractivity contribution < 1.29 is 9.53 Å². The summed E-state index contributed by atoms with van der Waals surface area (Å²) in [5.41, 5.74) is 3.28. The van der Waals surface area contributed by atoms with Gasteiger partial charge in [-0.05, 0) is 19.1 Å². The van der Waals surface area contributed by atoms with Gasteiger partial charge in [0.15, 0.2) is 5.82 Å². The second kappa shape index (κ2) is 8.31. The van der Waals surface area contributed by atoms with E-state index in [1.165, 1.54) is 0 Å². The second-order valence-electron chi connectivity index (χ2n) is 7.01. The number of methoxy groups -OCH3 is 1. The zero-order valence-electron chi connectivity index (χ0n) is 16.7. The van der Waals surface area contributed by atoms with Crippen LogP contribution in [0, 0.1) is 6.92 Å². The number of carbonyl (C=O) groups is 1. The van der Waals surface area contributed by atoms with Gasteiger partial charge in [-0.3, -0.25) is 4.79 Å². The molecular weight excluding hydrogens is 364 g/mol. The van der Waals surface area contributed by atoms with Gasteiger partial charge in [0.2, 0.25) is 0 Å². The van der Waals surface area contributed by atoms with Crippen molar-refractivity contribution in [1.82, 2.24) is 14.9 Å². The van der Waals surface area contributed by atoms with Crippen molar-refractivity contribution in [2.45, 2.75) is 6.92 Å². The number of aryl methyl sites for hydroxylation is 1. The molecule has 0 unspecified atom stereocenters. The Bertz CT molecular complexity index is 999. The summed E-state index contributed by atoms with van der Waals surface area (Å²) < 4.78 is 5.47. The maximum absolute atomic E-state index is 13.0. The molecule has 0 spiro atoms. The molecule has 3 aromatic rings. The molecule has 29 heavy (non-hydrogen) atoms. The number of hydrogen-bond donors (Lipinski definition) is 0. The van der Waals surface area contributed by atoms with Gasteiger partial charge >= 0.3 is 0 Å². The Morgan fingerprint density at radius 1 is 0.966 bits per heavy atom. The van der Waals surface area contributed by atoms with Gasteiger partial charge < -0.3 is 14.5 Å². The molecule has 1 aliphatic rings. The van der Waals surface area contributed by atoms with Crippen LogP contribution >= 0.6 is 0 Å². The van der Waals surface area contributed by atoms with Gasteiger partial charge in [0.25, 0.3) is 5.91 Å². The van der Waals surface area contributed by atoms with Crippen LogP contribution in [0.4, 0.5) is 5.69 Å². The summed E-state index contributed by atoms with van der Waals surface area (Å²) in [5.74, 6) is 1.48. The molecule has 1 saturated heterocycles. The van der Waals surface area contributed by atoms with Crippen LogP contribution in [0.2, 0.25) is 0 Å². The highest BCUT2D eigenvalue weighted by Gasteiger charge is 2.25. The fourth-order valence-electron chi connectivity index (χ4n) is 3.62. The number of benzene rings is 2. The average Bonchev–Trinajstić information content (AvgIpc) is 2.79. The van der Waals surface area contributed by atoms with Gasteiger partial charge in [0, 0.05) is 37.9 Å². The van der Waals surface area contributed by atoms with Crippen LogP contribution in [0.3, 0.4) is 0 Å². The number of amides is 1. The molecule has 1 fully saturated rings. The van der Waals surface area contributed by atoms with Crippen LogP contribution in [-0.2, 0) is 0 Å². The molecule has 148 valence electrons. The third-order valence-corrected chi connectivity index (χ3v) is 5.23. The number of rotatable bonds is 4. The molecular formula is C23H24N4O2. The Balaban J connectivity index is 1.46. The summed E-state index contributed by atoms with van der Waals surface area (Å²) in [4.78, 5) is 26.2. The molecule has 0 radical (unpaired) electrons. The monoisotopic (exact) mass is 388 g/mol. The highest BCUT2D eigenvalue weighted by atomic mass is 16.5. The van der Waals surface area contributed by atoms with E-state index in [0.29, 0.717) is 30.2 Å². The molecule has 0 aliphatic carbocycles. The lowest BCUT2D eigenvalue weighted by molar-refractivity contribution is 0.0745. The Kier molecular flexibility index (Phi) is 5.42. The van der Waals surface area contributed by atoms with Crippen LogP contribution < -0.4 is 9.64 Å². The summed E-state index contributed by atoms with van der Waals surface area (Å²) >= 11 is 0. The molecule has 0 bridgehead atoms. The molecule has 4 rings (SSSR count). The molecule has 2 heterocycles. The first-order chi connectivity index (χ1) is 14.2.